The Morgan fingerprint density at radius 1 is 1.14 bits per heavy atom. The van der Waals surface area contributed by atoms with Crippen LogP contribution in [-0.4, -0.2) is 16.5 Å². The minimum absolute atomic E-state index is 0.353. The molecule has 1 atom stereocenters. The third-order valence-electron chi connectivity index (χ3n) is 3.06. The van der Waals surface area contributed by atoms with Gasteiger partial charge in [0.15, 0.2) is 0 Å². The van der Waals surface area contributed by atoms with E-state index in [0.717, 1.165) is 18.1 Å². The van der Waals surface area contributed by atoms with Gasteiger partial charge in [-0.2, -0.15) is 13.2 Å². The monoisotopic (exact) mass is 295 g/mol. The van der Waals surface area contributed by atoms with E-state index >= 15 is 0 Å². The summed E-state index contributed by atoms with van der Waals surface area (Å²) in [5.41, 5.74) is 0.637. The van der Waals surface area contributed by atoms with Crippen molar-refractivity contribution in [3.63, 3.8) is 0 Å². The molecule has 0 spiro atoms. The SMILES string of the molecule is CCCNC(c1cncnc1)c1cccc(C(F)(F)F)c1. The second-order valence-electron chi connectivity index (χ2n) is 4.68. The predicted molar refractivity (Wildman–Crippen MR) is 73.6 cm³/mol. The largest absolute Gasteiger partial charge is 0.416 e. The van der Waals surface area contributed by atoms with E-state index in [1.54, 1.807) is 18.5 Å². The van der Waals surface area contributed by atoms with Crippen LogP contribution in [0, 0.1) is 0 Å². The Morgan fingerprint density at radius 3 is 2.48 bits per heavy atom. The van der Waals surface area contributed by atoms with Crippen LogP contribution in [0.5, 0.6) is 0 Å². The van der Waals surface area contributed by atoms with Crippen LogP contribution in [0.25, 0.3) is 0 Å². The number of alkyl halides is 3. The Kier molecular flexibility index (Phi) is 4.90. The zero-order chi connectivity index (χ0) is 15.3. The van der Waals surface area contributed by atoms with Crippen LogP contribution in [-0.2, 0) is 6.18 Å². The van der Waals surface area contributed by atoms with Crippen LogP contribution in [0.15, 0.2) is 43.0 Å². The zero-order valence-corrected chi connectivity index (χ0v) is 11.6. The minimum atomic E-state index is -4.35. The molecule has 0 saturated heterocycles. The molecule has 0 aliphatic carbocycles. The third kappa shape index (κ3) is 4.01. The summed E-state index contributed by atoms with van der Waals surface area (Å²) < 4.78 is 38.5. The molecule has 3 nitrogen and oxygen atoms in total. The lowest BCUT2D eigenvalue weighted by atomic mass is 9.99. The third-order valence-corrected chi connectivity index (χ3v) is 3.06. The van der Waals surface area contributed by atoms with E-state index in [1.165, 1.54) is 18.5 Å². The first kappa shape index (κ1) is 15.4. The van der Waals surface area contributed by atoms with E-state index < -0.39 is 11.7 Å². The van der Waals surface area contributed by atoms with E-state index in [0.29, 0.717) is 12.1 Å². The number of benzene rings is 1. The number of hydrogen-bond donors (Lipinski definition) is 1. The highest BCUT2D eigenvalue weighted by molar-refractivity contribution is 5.33. The Labute approximate surface area is 121 Å². The Morgan fingerprint density at radius 2 is 1.86 bits per heavy atom. The van der Waals surface area contributed by atoms with Crippen molar-refractivity contribution in [3.8, 4) is 0 Å². The quantitative estimate of drug-likeness (QED) is 0.916. The lowest BCUT2D eigenvalue weighted by Crippen LogP contribution is -2.24. The second kappa shape index (κ2) is 6.67. The Hall–Kier alpha value is -1.95. The summed E-state index contributed by atoms with van der Waals surface area (Å²) in [5.74, 6) is 0. The van der Waals surface area contributed by atoms with Gasteiger partial charge in [-0.25, -0.2) is 9.97 Å². The Bertz CT molecular complexity index is 570. The molecule has 2 rings (SSSR count). The molecule has 0 bridgehead atoms. The summed E-state index contributed by atoms with van der Waals surface area (Å²) in [5, 5.41) is 3.23. The molecule has 0 amide bonds. The normalized spacial score (nSPS) is 13.1. The lowest BCUT2D eigenvalue weighted by molar-refractivity contribution is -0.137. The molecule has 21 heavy (non-hydrogen) atoms. The molecule has 6 heteroatoms. The van der Waals surface area contributed by atoms with Crippen molar-refractivity contribution in [1.29, 1.82) is 0 Å². The fourth-order valence-electron chi connectivity index (χ4n) is 2.07. The van der Waals surface area contributed by atoms with Crippen molar-refractivity contribution < 1.29 is 13.2 Å². The number of aromatic nitrogens is 2. The maximum absolute atomic E-state index is 12.8. The van der Waals surface area contributed by atoms with Crippen molar-refractivity contribution in [1.82, 2.24) is 15.3 Å². The first-order valence-corrected chi connectivity index (χ1v) is 6.68. The number of nitrogens with one attached hydrogen (secondary N) is 1. The van der Waals surface area contributed by atoms with E-state index in [-0.39, 0.29) is 6.04 Å². The standard InChI is InChI=1S/C15H16F3N3/c1-2-6-21-14(12-8-19-10-20-9-12)11-4-3-5-13(7-11)15(16,17)18/h3-5,7-10,14,21H,2,6H2,1H3. The van der Waals surface area contributed by atoms with Gasteiger partial charge < -0.3 is 5.32 Å². The van der Waals surface area contributed by atoms with Gasteiger partial charge in [0.25, 0.3) is 0 Å². The first-order chi connectivity index (χ1) is 10.0. The van der Waals surface area contributed by atoms with Gasteiger partial charge in [0.1, 0.15) is 6.33 Å². The van der Waals surface area contributed by atoms with Crippen LogP contribution < -0.4 is 5.32 Å². The van der Waals surface area contributed by atoms with Crippen LogP contribution in [0.3, 0.4) is 0 Å². The lowest BCUT2D eigenvalue weighted by Gasteiger charge is -2.20. The molecule has 112 valence electrons. The maximum Gasteiger partial charge on any atom is 0.416 e. The smallest absolute Gasteiger partial charge is 0.306 e. The fourth-order valence-corrected chi connectivity index (χ4v) is 2.07. The van der Waals surface area contributed by atoms with Gasteiger partial charge in [-0.1, -0.05) is 19.1 Å². The average Bonchev–Trinajstić information content (AvgIpc) is 2.48. The molecule has 1 N–H and O–H groups in total. The van der Waals surface area contributed by atoms with Gasteiger partial charge in [0.2, 0.25) is 0 Å². The Balaban J connectivity index is 2.37. The number of halogens is 3. The molecule has 1 aromatic heterocycles. The van der Waals surface area contributed by atoms with Gasteiger partial charge in [-0.15, -0.1) is 0 Å². The summed E-state index contributed by atoms with van der Waals surface area (Å²) in [7, 11) is 0. The predicted octanol–water partition coefficient (Wildman–Crippen LogP) is 3.58. The molecule has 1 aromatic carbocycles. The summed E-state index contributed by atoms with van der Waals surface area (Å²) in [6.45, 7) is 2.69. The van der Waals surface area contributed by atoms with E-state index in [1.807, 2.05) is 6.92 Å². The van der Waals surface area contributed by atoms with Gasteiger partial charge in [-0.3, -0.25) is 0 Å². The molecular formula is C15H16F3N3. The maximum atomic E-state index is 12.8. The first-order valence-electron chi connectivity index (χ1n) is 6.68. The minimum Gasteiger partial charge on any atom is -0.306 e. The van der Waals surface area contributed by atoms with Crippen LogP contribution in [0.1, 0.15) is 36.1 Å². The average molecular weight is 295 g/mol. The van der Waals surface area contributed by atoms with Gasteiger partial charge in [0.05, 0.1) is 11.6 Å². The van der Waals surface area contributed by atoms with Crippen molar-refractivity contribution in [3.05, 3.63) is 59.7 Å². The number of nitrogens with zero attached hydrogens (tertiary/aromatic N) is 2. The molecule has 1 heterocycles. The van der Waals surface area contributed by atoms with E-state index in [4.69, 9.17) is 0 Å². The zero-order valence-electron chi connectivity index (χ0n) is 11.6. The topological polar surface area (TPSA) is 37.8 Å². The van der Waals surface area contributed by atoms with Gasteiger partial charge >= 0.3 is 6.18 Å². The van der Waals surface area contributed by atoms with E-state index in [9.17, 15) is 13.2 Å². The summed E-state index contributed by atoms with van der Waals surface area (Å²) in [4.78, 5) is 7.87. The van der Waals surface area contributed by atoms with Gasteiger partial charge in [-0.05, 0) is 30.7 Å². The van der Waals surface area contributed by atoms with Crippen LogP contribution >= 0.6 is 0 Å². The summed E-state index contributed by atoms with van der Waals surface area (Å²) in [6.07, 6.45) is 1.15. The molecule has 2 aromatic rings. The van der Waals surface area contributed by atoms with E-state index in [2.05, 4.69) is 15.3 Å². The molecule has 0 aliphatic heterocycles. The molecule has 0 radical (unpaired) electrons. The fraction of sp³-hybridized carbons (Fsp3) is 0.333. The van der Waals surface area contributed by atoms with Crippen LogP contribution in [0.2, 0.25) is 0 Å². The summed E-state index contributed by atoms with van der Waals surface area (Å²) >= 11 is 0. The van der Waals surface area contributed by atoms with Crippen molar-refractivity contribution in [2.75, 3.05) is 6.54 Å². The second-order valence-corrected chi connectivity index (χ2v) is 4.68. The molecule has 0 aliphatic rings. The van der Waals surface area contributed by atoms with Crippen molar-refractivity contribution >= 4 is 0 Å². The van der Waals surface area contributed by atoms with Crippen LogP contribution in [0.4, 0.5) is 13.2 Å². The highest BCUT2D eigenvalue weighted by Gasteiger charge is 2.31. The highest BCUT2D eigenvalue weighted by Crippen LogP contribution is 2.31. The highest BCUT2D eigenvalue weighted by atomic mass is 19.4. The van der Waals surface area contributed by atoms with Crippen molar-refractivity contribution in [2.24, 2.45) is 0 Å². The summed E-state index contributed by atoms with van der Waals surface area (Å²) in [6, 6.07) is 4.98. The molecule has 0 saturated carbocycles. The van der Waals surface area contributed by atoms with Gasteiger partial charge in [0, 0.05) is 18.0 Å². The number of rotatable bonds is 5. The molecule has 0 fully saturated rings. The number of hydrogen-bond acceptors (Lipinski definition) is 3. The molecular weight excluding hydrogens is 279 g/mol. The molecule has 1 unspecified atom stereocenters. The van der Waals surface area contributed by atoms with Crippen molar-refractivity contribution in [2.45, 2.75) is 25.6 Å².